The van der Waals surface area contributed by atoms with Crippen molar-refractivity contribution in [3.63, 3.8) is 0 Å². The Morgan fingerprint density at radius 2 is 1.79 bits per heavy atom. The molecule has 156 valence electrons. The van der Waals surface area contributed by atoms with Gasteiger partial charge in [0.2, 0.25) is 0 Å². The van der Waals surface area contributed by atoms with Crippen LogP contribution >= 0.6 is 0 Å². The van der Waals surface area contributed by atoms with Crippen LogP contribution in [-0.2, 0) is 20.9 Å². The molecular formula is C20H29N2O6-. The van der Waals surface area contributed by atoms with E-state index in [1.54, 1.807) is 20.8 Å². The van der Waals surface area contributed by atoms with Crippen LogP contribution in [0.2, 0.25) is 0 Å². The molecule has 2 amide bonds. The van der Waals surface area contributed by atoms with Gasteiger partial charge >= 0.3 is 12.2 Å². The molecule has 1 rings (SSSR count). The fourth-order valence-corrected chi connectivity index (χ4v) is 2.36. The lowest BCUT2D eigenvalue weighted by molar-refractivity contribution is -0.311. The number of benzene rings is 1. The zero-order valence-corrected chi connectivity index (χ0v) is 16.9. The average molecular weight is 393 g/mol. The second-order valence-corrected chi connectivity index (χ2v) is 7.41. The molecule has 1 aromatic rings. The van der Waals surface area contributed by atoms with Crippen LogP contribution in [0.3, 0.4) is 0 Å². The van der Waals surface area contributed by atoms with Gasteiger partial charge in [0.1, 0.15) is 12.2 Å². The van der Waals surface area contributed by atoms with Gasteiger partial charge in [0.05, 0.1) is 12.0 Å². The number of carboxylic acids is 1. The Kier molecular flexibility index (Phi) is 9.27. The Hall–Kier alpha value is -2.77. The van der Waals surface area contributed by atoms with Gasteiger partial charge in [0.15, 0.2) is 0 Å². The number of carboxylic acid groups (broad SMARTS) is 1. The molecule has 1 atom stereocenters. The van der Waals surface area contributed by atoms with Crippen molar-refractivity contribution in [2.45, 2.75) is 58.3 Å². The minimum atomic E-state index is -1.34. The summed E-state index contributed by atoms with van der Waals surface area (Å²) in [6.07, 6.45) is -0.0499. The van der Waals surface area contributed by atoms with E-state index in [4.69, 9.17) is 9.47 Å². The van der Waals surface area contributed by atoms with E-state index in [0.29, 0.717) is 19.4 Å². The van der Waals surface area contributed by atoms with E-state index in [9.17, 15) is 19.5 Å². The number of carbonyl (C=O) groups is 3. The number of rotatable bonds is 9. The van der Waals surface area contributed by atoms with Gasteiger partial charge in [-0.2, -0.15) is 0 Å². The first kappa shape index (κ1) is 23.3. The van der Waals surface area contributed by atoms with Crippen LogP contribution in [0.4, 0.5) is 9.59 Å². The van der Waals surface area contributed by atoms with E-state index < -0.39 is 29.8 Å². The molecule has 8 heteroatoms. The molecule has 0 saturated carbocycles. The number of likely N-dealkylation sites (N-methyl/N-ethyl adjacent to an activating group) is 1. The lowest BCUT2D eigenvalue weighted by atomic mass is 10.1. The number of nitrogens with zero attached hydrogens (tertiary/aromatic N) is 1. The van der Waals surface area contributed by atoms with Gasteiger partial charge < -0.3 is 29.6 Å². The number of amides is 2. The standard InChI is InChI=1S/C20H30N2O6/c1-20(2,3)28-19(26)22(4)16(17(23)24)12-8-9-13-21-18(25)27-14-15-10-6-5-7-11-15/h5-7,10-11,16H,8-9,12-14H2,1-4H3,(H,21,25)(H,23,24)/p-1/t16-/m0/s1. The van der Waals surface area contributed by atoms with E-state index >= 15 is 0 Å². The minimum absolute atomic E-state index is 0.181. The molecule has 0 aliphatic rings. The van der Waals surface area contributed by atoms with Crippen molar-refractivity contribution >= 4 is 18.2 Å². The van der Waals surface area contributed by atoms with Crippen LogP contribution in [-0.4, -0.2) is 48.3 Å². The molecule has 0 radical (unpaired) electrons. The second-order valence-electron chi connectivity index (χ2n) is 7.41. The summed E-state index contributed by atoms with van der Waals surface area (Å²) < 4.78 is 10.3. The molecule has 0 heterocycles. The Morgan fingerprint density at radius 1 is 1.14 bits per heavy atom. The van der Waals surface area contributed by atoms with E-state index in [1.165, 1.54) is 7.05 Å². The van der Waals surface area contributed by atoms with E-state index in [2.05, 4.69) is 5.32 Å². The topological polar surface area (TPSA) is 108 Å². The van der Waals surface area contributed by atoms with Gasteiger partial charge in [0.25, 0.3) is 0 Å². The first-order chi connectivity index (χ1) is 13.1. The molecule has 0 aromatic heterocycles. The Labute approximate surface area is 165 Å². The van der Waals surface area contributed by atoms with Crippen LogP contribution in [0.25, 0.3) is 0 Å². The number of nitrogens with one attached hydrogen (secondary N) is 1. The maximum absolute atomic E-state index is 12.0. The fourth-order valence-electron chi connectivity index (χ4n) is 2.36. The number of alkyl carbamates (subject to hydrolysis) is 1. The lowest BCUT2D eigenvalue weighted by Crippen LogP contribution is -2.50. The molecule has 0 spiro atoms. The summed E-state index contributed by atoms with van der Waals surface area (Å²) in [6.45, 7) is 5.63. The summed E-state index contributed by atoms with van der Waals surface area (Å²) in [5.74, 6) is -1.34. The molecule has 0 aliphatic heterocycles. The molecule has 8 nitrogen and oxygen atoms in total. The summed E-state index contributed by atoms with van der Waals surface area (Å²) in [5.41, 5.74) is 0.172. The summed E-state index contributed by atoms with van der Waals surface area (Å²) in [7, 11) is 1.37. The van der Waals surface area contributed by atoms with Gasteiger partial charge in [0, 0.05) is 13.6 Å². The largest absolute Gasteiger partial charge is 0.548 e. The second kappa shape index (κ2) is 11.2. The predicted octanol–water partition coefficient (Wildman–Crippen LogP) is 2.07. The van der Waals surface area contributed by atoms with Gasteiger partial charge in [-0.3, -0.25) is 0 Å². The number of unbranched alkanes of at least 4 members (excludes halogenated alkanes) is 1. The van der Waals surface area contributed by atoms with Crippen molar-refractivity contribution in [1.82, 2.24) is 10.2 Å². The van der Waals surface area contributed by atoms with Gasteiger partial charge in [-0.25, -0.2) is 9.59 Å². The molecule has 0 aliphatic carbocycles. The molecule has 0 unspecified atom stereocenters. The smallest absolute Gasteiger partial charge is 0.410 e. The van der Waals surface area contributed by atoms with E-state index in [0.717, 1.165) is 10.5 Å². The zero-order valence-electron chi connectivity index (χ0n) is 16.9. The normalized spacial score (nSPS) is 12.0. The first-order valence-electron chi connectivity index (χ1n) is 9.21. The molecule has 0 saturated heterocycles. The average Bonchev–Trinajstić information content (AvgIpc) is 2.61. The minimum Gasteiger partial charge on any atom is -0.548 e. The van der Waals surface area contributed by atoms with Crippen molar-refractivity contribution in [2.75, 3.05) is 13.6 Å². The monoisotopic (exact) mass is 393 g/mol. The Morgan fingerprint density at radius 3 is 2.36 bits per heavy atom. The van der Waals surface area contributed by atoms with Crippen LogP contribution in [0.15, 0.2) is 30.3 Å². The maximum Gasteiger partial charge on any atom is 0.410 e. The third-order valence-electron chi connectivity index (χ3n) is 3.81. The highest BCUT2D eigenvalue weighted by Gasteiger charge is 2.25. The molecule has 1 N–H and O–H groups in total. The van der Waals surface area contributed by atoms with Gasteiger partial charge in [-0.05, 0) is 45.6 Å². The first-order valence-corrected chi connectivity index (χ1v) is 9.21. The maximum atomic E-state index is 12.0. The van der Waals surface area contributed by atoms with Crippen LogP contribution in [0.5, 0.6) is 0 Å². The molecular weight excluding hydrogens is 364 g/mol. The number of hydrogen-bond donors (Lipinski definition) is 1. The van der Waals surface area contributed by atoms with Gasteiger partial charge in [-0.1, -0.05) is 30.3 Å². The number of carbonyl (C=O) groups excluding carboxylic acids is 3. The molecule has 0 fully saturated rings. The lowest BCUT2D eigenvalue weighted by Gasteiger charge is -2.31. The summed E-state index contributed by atoms with van der Waals surface area (Å²) >= 11 is 0. The van der Waals surface area contributed by atoms with Crippen molar-refractivity contribution in [2.24, 2.45) is 0 Å². The fraction of sp³-hybridized carbons (Fsp3) is 0.550. The third-order valence-corrected chi connectivity index (χ3v) is 3.81. The number of hydrogen-bond acceptors (Lipinski definition) is 6. The van der Waals surface area contributed by atoms with Crippen LogP contribution in [0, 0.1) is 0 Å². The van der Waals surface area contributed by atoms with Crippen LogP contribution < -0.4 is 10.4 Å². The van der Waals surface area contributed by atoms with E-state index in [-0.39, 0.29) is 13.0 Å². The molecule has 0 bridgehead atoms. The quantitative estimate of drug-likeness (QED) is 0.644. The summed E-state index contributed by atoms with van der Waals surface area (Å²) in [6, 6.07) is 8.21. The Bertz CT molecular complexity index is 642. The third kappa shape index (κ3) is 9.25. The van der Waals surface area contributed by atoms with Gasteiger partial charge in [-0.15, -0.1) is 0 Å². The summed E-state index contributed by atoms with van der Waals surface area (Å²) in [5, 5.41) is 14.0. The summed E-state index contributed by atoms with van der Waals surface area (Å²) in [4.78, 5) is 36.0. The van der Waals surface area contributed by atoms with Crippen molar-refractivity contribution in [1.29, 1.82) is 0 Å². The SMILES string of the molecule is CN(C(=O)OC(C)(C)C)[C@@H](CCCCNC(=O)OCc1ccccc1)C(=O)[O-]. The van der Waals surface area contributed by atoms with E-state index in [1.807, 2.05) is 30.3 Å². The number of ether oxygens (including phenoxy) is 2. The van der Waals surface area contributed by atoms with Crippen molar-refractivity contribution < 1.29 is 29.0 Å². The van der Waals surface area contributed by atoms with Crippen molar-refractivity contribution in [3.8, 4) is 0 Å². The highest BCUT2D eigenvalue weighted by molar-refractivity contribution is 5.78. The predicted molar refractivity (Wildman–Crippen MR) is 101 cm³/mol. The highest BCUT2D eigenvalue weighted by atomic mass is 16.6. The molecule has 1 aromatic carbocycles. The zero-order chi connectivity index (χ0) is 21.2. The highest BCUT2D eigenvalue weighted by Crippen LogP contribution is 2.13. The van der Waals surface area contributed by atoms with Crippen LogP contribution in [0.1, 0.15) is 45.6 Å². The molecule has 28 heavy (non-hydrogen) atoms. The van der Waals surface area contributed by atoms with Crippen molar-refractivity contribution in [3.05, 3.63) is 35.9 Å². The number of aliphatic carboxylic acids is 1. The Balaban J connectivity index is 2.30.